The van der Waals surface area contributed by atoms with Crippen LogP contribution in [0.15, 0.2) is 30.3 Å². The van der Waals surface area contributed by atoms with Gasteiger partial charge in [0.15, 0.2) is 5.78 Å². The molecule has 5 nitrogen and oxygen atoms in total. The zero-order chi connectivity index (χ0) is 13.5. The fourth-order valence-corrected chi connectivity index (χ4v) is 1.63. The average molecular weight is 250 g/mol. The molecule has 0 saturated carbocycles. The van der Waals surface area contributed by atoms with Gasteiger partial charge in [-0.3, -0.25) is 9.59 Å². The summed E-state index contributed by atoms with van der Waals surface area (Å²) in [6.07, 6.45) is 1.28. The Bertz CT molecular complexity index is 406. The maximum absolute atomic E-state index is 11.9. The minimum atomic E-state index is -1.03. The molecule has 0 spiro atoms. The quantitative estimate of drug-likeness (QED) is 0.620. The normalized spacial score (nSPS) is 13.9. The second-order valence-corrected chi connectivity index (χ2v) is 4.21. The van der Waals surface area contributed by atoms with Gasteiger partial charge in [-0.05, 0) is 19.3 Å². The third kappa shape index (κ3) is 4.27. The highest BCUT2D eigenvalue weighted by atomic mass is 16.4. The topological polar surface area (TPSA) is 106 Å². The van der Waals surface area contributed by atoms with Crippen molar-refractivity contribution in [1.29, 1.82) is 0 Å². The van der Waals surface area contributed by atoms with Gasteiger partial charge in [-0.15, -0.1) is 0 Å². The van der Waals surface area contributed by atoms with Crippen molar-refractivity contribution in [3.05, 3.63) is 35.9 Å². The van der Waals surface area contributed by atoms with Gasteiger partial charge >= 0.3 is 5.97 Å². The van der Waals surface area contributed by atoms with Crippen molar-refractivity contribution in [1.82, 2.24) is 0 Å². The molecule has 5 N–H and O–H groups in total. The number of ketones is 1. The lowest BCUT2D eigenvalue weighted by molar-refractivity contribution is -0.138. The second kappa shape index (κ2) is 6.88. The van der Waals surface area contributed by atoms with Crippen LogP contribution in [0.4, 0.5) is 0 Å². The van der Waals surface area contributed by atoms with Gasteiger partial charge in [-0.2, -0.15) is 0 Å². The molecule has 0 aliphatic heterocycles. The van der Waals surface area contributed by atoms with Gasteiger partial charge < -0.3 is 16.6 Å². The Morgan fingerprint density at radius 1 is 1.06 bits per heavy atom. The molecule has 0 bridgehead atoms. The number of carbonyl (C=O) groups excluding carboxylic acids is 1. The highest BCUT2D eigenvalue weighted by Gasteiger charge is 2.17. The van der Waals surface area contributed by atoms with Gasteiger partial charge in [0.25, 0.3) is 0 Å². The van der Waals surface area contributed by atoms with Crippen LogP contribution in [0.1, 0.15) is 29.6 Å². The second-order valence-electron chi connectivity index (χ2n) is 4.21. The molecule has 0 fully saturated rings. The van der Waals surface area contributed by atoms with Crippen LogP contribution in [-0.2, 0) is 4.79 Å². The number of Topliss-reactive ketones (excluding diaryl/α,β-unsaturated/α-hetero) is 1. The van der Waals surface area contributed by atoms with Crippen molar-refractivity contribution in [2.75, 3.05) is 0 Å². The molecule has 0 aromatic heterocycles. The summed E-state index contributed by atoms with van der Waals surface area (Å²) in [7, 11) is 0. The first-order chi connectivity index (χ1) is 8.52. The van der Waals surface area contributed by atoms with Gasteiger partial charge in [0.1, 0.15) is 6.04 Å². The minimum Gasteiger partial charge on any atom is -0.480 e. The van der Waals surface area contributed by atoms with Crippen LogP contribution in [0.2, 0.25) is 0 Å². The first-order valence-electron chi connectivity index (χ1n) is 5.85. The lowest BCUT2D eigenvalue weighted by Gasteiger charge is -2.11. The maximum atomic E-state index is 11.9. The van der Waals surface area contributed by atoms with Crippen molar-refractivity contribution in [3.63, 3.8) is 0 Å². The molecule has 0 saturated heterocycles. The molecule has 1 aromatic carbocycles. The van der Waals surface area contributed by atoms with E-state index >= 15 is 0 Å². The monoisotopic (exact) mass is 250 g/mol. The molecule has 1 aromatic rings. The Labute approximate surface area is 106 Å². The highest BCUT2D eigenvalue weighted by molar-refractivity contribution is 5.99. The lowest BCUT2D eigenvalue weighted by Crippen LogP contribution is -2.33. The summed E-state index contributed by atoms with van der Waals surface area (Å²) in [5.41, 5.74) is 11.7. The molecular formula is C13H18N2O3. The molecule has 0 amide bonds. The molecule has 0 aliphatic rings. The van der Waals surface area contributed by atoms with Gasteiger partial charge in [0.2, 0.25) is 0 Å². The van der Waals surface area contributed by atoms with E-state index in [2.05, 4.69) is 0 Å². The minimum absolute atomic E-state index is 0.125. The zero-order valence-corrected chi connectivity index (χ0v) is 10.1. The number of carbonyl (C=O) groups is 2. The SMILES string of the molecule is N[C@@H](CCC[C@H](N)C(=O)c1ccccc1)C(=O)O. The molecule has 0 heterocycles. The third-order valence-electron chi connectivity index (χ3n) is 2.74. The predicted molar refractivity (Wildman–Crippen MR) is 68.2 cm³/mol. The number of nitrogens with two attached hydrogens (primary N) is 2. The molecule has 1 rings (SSSR count). The summed E-state index contributed by atoms with van der Waals surface area (Å²) in [5, 5.41) is 8.61. The van der Waals surface area contributed by atoms with Crippen LogP contribution < -0.4 is 11.5 Å². The van der Waals surface area contributed by atoms with E-state index in [9.17, 15) is 9.59 Å². The van der Waals surface area contributed by atoms with Crippen LogP contribution in [0, 0.1) is 0 Å². The number of rotatable bonds is 7. The number of carboxylic acids is 1. The van der Waals surface area contributed by atoms with Crippen LogP contribution in [0.3, 0.4) is 0 Å². The predicted octanol–water partition coefficient (Wildman–Crippen LogP) is 0.779. The molecule has 5 heteroatoms. The van der Waals surface area contributed by atoms with Crippen molar-refractivity contribution < 1.29 is 14.7 Å². The molecule has 0 radical (unpaired) electrons. The first-order valence-corrected chi connectivity index (χ1v) is 5.85. The van der Waals surface area contributed by atoms with Gasteiger partial charge in [0, 0.05) is 5.56 Å². The lowest BCUT2D eigenvalue weighted by atomic mass is 9.99. The van der Waals surface area contributed by atoms with Crippen LogP contribution in [-0.4, -0.2) is 28.9 Å². The Balaban J connectivity index is 2.40. The van der Waals surface area contributed by atoms with Crippen molar-refractivity contribution >= 4 is 11.8 Å². The van der Waals surface area contributed by atoms with Gasteiger partial charge in [-0.25, -0.2) is 0 Å². The van der Waals surface area contributed by atoms with Crippen molar-refractivity contribution in [2.45, 2.75) is 31.3 Å². The third-order valence-corrected chi connectivity index (χ3v) is 2.74. The summed E-state index contributed by atoms with van der Waals surface area (Å²) in [4.78, 5) is 22.4. The zero-order valence-electron chi connectivity index (χ0n) is 10.1. The highest BCUT2D eigenvalue weighted by Crippen LogP contribution is 2.08. The number of aliphatic carboxylic acids is 1. The first kappa shape index (κ1) is 14.3. The molecule has 0 aliphatic carbocycles. The Morgan fingerprint density at radius 3 is 2.17 bits per heavy atom. The van der Waals surface area contributed by atoms with E-state index in [1.54, 1.807) is 24.3 Å². The summed E-state index contributed by atoms with van der Waals surface area (Å²) in [5.74, 6) is -1.16. The molecule has 2 atom stereocenters. The summed E-state index contributed by atoms with van der Waals surface area (Å²) in [6, 6.07) is 7.32. The van der Waals surface area contributed by atoms with Crippen LogP contribution in [0.25, 0.3) is 0 Å². The Kier molecular flexibility index (Phi) is 5.48. The van der Waals surface area contributed by atoms with Gasteiger partial charge in [-0.1, -0.05) is 30.3 Å². The largest absolute Gasteiger partial charge is 0.480 e. The Morgan fingerprint density at radius 2 is 1.61 bits per heavy atom. The Hall–Kier alpha value is -1.72. The number of hydrogen-bond donors (Lipinski definition) is 3. The molecular weight excluding hydrogens is 232 g/mol. The van der Waals surface area contributed by atoms with E-state index in [0.717, 1.165) is 0 Å². The summed E-state index contributed by atoms with van der Waals surface area (Å²) < 4.78 is 0. The maximum Gasteiger partial charge on any atom is 0.320 e. The number of benzene rings is 1. The summed E-state index contributed by atoms with van der Waals surface area (Å²) in [6.45, 7) is 0. The number of carboxylic acid groups (broad SMARTS) is 1. The van der Waals surface area contributed by atoms with E-state index in [0.29, 0.717) is 24.8 Å². The average Bonchev–Trinajstić information content (AvgIpc) is 2.38. The fraction of sp³-hybridized carbons (Fsp3) is 0.385. The van der Waals surface area contributed by atoms with Crippen LogP contribution >= 0.6 is 0 Å². The smallest absolute Gasteiger partial charge is 0.320 e. The van der Waals surface area contributed by atoms with Crippen molar-refractivity contribution in [2.24, 2.45) is 11.5 Å². The van der Waals surface area contributed by atoms with E-state index in [-0.39, 0.29) is 5.78 Å². The molecule has 0 unspecified atom stereocenters. The van der Waals surface area contributed by atoms with Crippen molar-refractivity contribution in [3.8, 4) is 0 Å². The molecule has 98 valence electrons. The number of hydrogen-bond acceptors (Lipinski definition) is 4. The standard InChI is InChI=1S/C13H18N2O3/c14-10(7-4-8-11(15)13(17)18)12(16)9-5-2-1-3-6-9/h1-3,5-6,10-11H,4,7-8,14-15H2,(H,17,18)/t10-,11-/m0/s1. The summed E-state index contributed by atoms with van der Waals surface area (Å²) >= 11 is 0. The van der Waals surface area contributed by atoms with Crippen LogP contribution in [0.5, 0.6) is 0 Å². The van der Waals surface area contributed by atoms with E-state index in [4.69, 9.17) is 16.6 Å². The van der Waals surface area contributed by atoms with Gasteiger partial charge in [0.05, 0.1) is 6.04 Å². The molecule has 18 heavy (non-hydrogen) atoms. The van der Waals surface area contributed by atoms with E-state index in [1.807, 2.05) is 6.07 Å². The van der Waals surface area contributed by atoms with E-state index in [1.165, 1.54) is 0 Å². The fourth-order valence-electron chi connectivity index (χ4n) is 1.63. The van der Waals surface area contributed by atoms with E-state index < -0.39 is 18.1 Å².